The summed E-state index contributed by atoms with van der Waals surface area (Å²) in [7, 11) is 1.63. The third-order valence-corrected chi connectivity index (χ3v) is 2.55. The third-order valence-electron chi connectivity index (χ3n) is 2.55. The van der Waals surface area contributed by atoms with Gasteiger partial charge in [0.2, 0.25) is 0 Å². The van der Waals surface area contributed by atoms with E-state index in [0.29, 0.717) is 5.69 Å². The van der Waals surface area contributed by atoms with E-state index in [-0.39, 0.29) is 5.91 Å². The lowest BCUT2D eigenvalue weighted by Crippen LogP contribution is -2.19. The lowest BCUT2D eigenvalue weighted by atomic mass is 10.1. The Labute approximate surface area is 94.5 Å². The average Bonchev–Trinajstić information content (AvgIpc) is 2.71. The zero-order valence-corrected chi connectivity index (χ0v) is 9.37. The molecule has 0 spiro atoms. The fourth-order valence-corrected chi connectivity index (χ4v) is 1.69. The van der Waals surface area contributed by atoms with Crippen LogP contribution in [0.5, 0.6) is 0 Å². The molecule has 2 aromatic rings. The maximum atomic E-state index is 11.5. The molecule has 0 aliphatic rings. The van der Waals surface area contributed by atoms with Gasteiger partial charge in [-0.25, -0.2) is 0 Å². The second kappa shape index (κ2) is 4.23. The van der Waals surface area contributed by atoms with Crippen LogP contribution in [0.4, 0.5) is 0 Å². The largest absolute Gasteiger partial charge is 0.354 e. The molecule has 0 saturated carbocycles. The number of rotatable bonds is 2. The molecule has 16 heavy (non-hydrogen) atoms. The molecule has 3 heteroatoms. The van der Waals surface area contributed by atoms with E-state index in [4.69, 9.17) is 0 Å². The summed E-state index contributed by atoms with van der Waals surface area (Å²) < 4.78 is 0. The van der Waals surface area contributed by atoms with Gasteiger partial charge >= 0.3 is 0 Å². The molecule has 82 valence electrons. The highest BCUT2D eigenvalue weighted by atomic mass is 16.1. The second-order valence-electron chi connectivity index (χ2n) is 3.69. The molecule has 3 nitrogen and oxygen atoms in total. The predicted octanol–water partition coefficient (Wildman–Crippen LogP) is 2.35. The number of aromatic nitrogens is 1. The Bertz CT molecular complexity index is 500. The lowest BCUT2D eigenvalue weighted by Gasteiger charge is -1.98. The predicted molar refractivity (Wildman–Crippen MR) is 64.4 cm³/mol. The second-order valence-corrected chi connectivity index (χ2v) is 3.69. The first-order valence-corrected chi connectivity index (χ1v) is 5.19. The van der Waals surface area contributed by atoms with E-state index >= 15 is 0 Å². The Morgan fingerprint density at radius 3 is 2.56 bits per heavy atom. The van der Waals surface area contributed by atoms with Gasteiger partial charge in [0, 0.05) is 12.7 Å². The number of nitrogens with one attached hydrogen (secondary N) is 2. The molecule has 2 N–H and O–H groups in total. The Kier molecular flexibility index (Phi) is 2.77. The Morgan fingerprint density at radius 1 is 1.25 bits per heavy atom. The highest BCUT2D eigenvalue weighted by Crippen LogP contribution is 2.21. The Hall–Kier alpha value is -2.03. The van der Waals surface area contributed by atoms with Gasteiger partial charge < -0.3 is 10.3 Å². The monoisotopic (exact) mass is 214 g/mol. The molecular weight excluding hydrogens is 200 g/mol. The van der Waals surface area contributed by atoms with Gasteiger partial charge in [-0.05, 0) is 24.1 Å². The summed E-state index contributed by atoms with van der Waals surface area (Å²) in [5, 5.41) is 2.62. The van der Waals surface area contributed by atoms with Crippen LogP contribution in [0.2, 0.25) is 0 Å². The molecule has 0 radical (unpaired) electrons. The van der Waals surface area contributed by atoms with Gasteiger partial charge in [-0.15, -0.1) is 0 Å². The quantitative estimate of drug-likeness (QED) is 0.792. The van der Waals surface area contributed by atoms with Crippen LogP contribution in [0.15, 0.2) is 36.4 Å². The van der Waals surface area contributed by atoms with Crippen LogP contribution in [0, 0.1) is 6.92 Å². The lowest BCUT2D eigenvalue weighted by molar-refractivity contribution is 0.0958. The van der Waals surface area contributed by atoms with Gasteiger partial charge in [0.05, 0.1) is 0 Å². The van der Waals surface area contributed by atoms with Crippen molar-refractivity contribution in [3.8, 4) is 11.3 Å². The van der Waals surface area contributed by atoms with Crippen LogP contribution in [0.25, 0.3) is 11.3 Å². The van der Waals surface area contributed by atoms with E-state index in [9.17, 15) is 4.79 Å². The maximum absolute atomic E-state index is 11.5. The van der Waals surface area contributed by atoms with Gasteiger partial charge in [-0.2, -0.15) is 0 Å². The smallest absolute Gasteiger partial charge is 0.267 e. The molecular formula is C13H14N2O. The first-order valence-electron chi connectivity index (χ1n) is 5.19. The molecule has 0 aliphatic carbocycles. The van der Waals surface area contributed by atoms with Gasteiger partial charge in [0.25, 0.3) is 5.91 Å². The summed E-state index contributed by atoms with van der Waals surface area (Å²) in [5.74, 6) is -0.0836. The highest BCUT2D eigenvalue weighted by Gasteiger charge is 2.11. The number of carbonyl (C=O) groups excluding carboxylic acids is 1. The maximum Gasteiger partial charge on any atom is 0.267 e. The van der Waals surface area contributed by atoms with Crippen molar-refractivity contribution in [2.45, 2.75) is 6.92 Å². The number of aromatic amines is 1. The van der Waals surface area contributed by atoms with Crippen molar-refractivity contribution < 1.29 is 4.79 Å². The number of hydrogen-bond acceptors (Lipinski definition) is 1. The summed E-state index contributed by atoms with van der Waals surface area (Å²) in [4.78, 5) is 14.7. The van der Waals surface area contributed by atoms with E-state index in [0.717, 1.165) is 16.8 Å². The molecule has 0 fully saturated rings. The Morgan fingerprint density at radius 2 is 1.94 bits per heavy atom. The standard InChI is InChI=1S/C13H14N2O/c1-9-8-11(10-6-4-3-5-7-10)15-12(9)13(16)14-2/h3-8,15H,1-2H3,(H,14,16). The molecule has 0 bridgehead atoms. The van der Waals surface area contributed by atoms with Crippen LogP contribution in [0.3, 0.4) is 0 Å². The minimum absolute atomic E-state index is 0.0836. The fraction of sp³-hybridized carbons (Fsp3) is 0.154. The minimum atomic E-state index is -0.0836. The van der Waals surface area contributed by atoms with Gasteiger partial charge in [-0.1, -0.05) is 30.3 Å². The van der Waals surface area contributed by atoms with Crippen LogP contribution < -0.4 is 5.32 Å². The minimum Gasteiger partial charge on any atom is -0.354 e. The normalized spacial score (nSPS) is 10.1. The molecule has 1 heterocycles. The van der Waals surface area contributed by atoms with Crippen LogP contribution in [-0.4, -0.2) is 17.9 Å². The third kappa shape index (κ3) is 1.84. The van der Waals surface area contributed by atoms with Crippen molar-refractivity contribution in [2.24, 2.45) is 0 Å². The highest BCUT2D eigenvalue weighted by molar-refractivity contribution is 5.94. The molecule has 0 atom stereocenters. The van der Waals surface area contributed by atoms with E-state index in [1.54, 1.807) is 7.05 Å². The summed E-state index contributed by atoms with van der Waals surface area (Å²) in [6.07, 6.45) is 0. The van der Waals surface area contributed by atoms with Crippen molar-refractivity contribution in [1.82, 2.24) is 10.3 Å². The summed E-state index contributed by atoms with van der Waals surface area (Å²) in [6, 6.07) is 11.9. The molecule has 1 amide bonds. The van der Waals surface area contributed by atoms with Crippen molar-refractivity contribution in [3.05, 3.63) is 47.7 Å². The summed E-state index contributed by atoms with van der Waals surface area (Å²) in [5.41, 5.74) is 3.64. The number of H-pyrrole nitrogens is 1. The van der Waals surface area contributed by atoms with E-state index in [1.807, 2.05) is 43.3 Å². The zero-order valence-electron chi connectivity index (χ0n) is 9.37. The van der Waals surface area contributed by atoms with Crippen molar-refractivity contribution in [1.29, 1.82) is 0 Å². The number of aryl methyl sites for hydroxylation is 1. The van der Waals surface area contributed by atoms with Gasteiger partial charge in [-0.3, -0.25) is 4.79 Å². The topological polar surface area (TPSA) is 44.9 Å². The van der Waals surface area contributed by atoms with Crippen LogP contribution >= 0.6 is 0 Å². The van der Waals surface area contributed by atoms with Crippen molar-refractivity contribution in [2.75, 3.05) is 7.05 Å². The number of benzene rings is 1. The fourth-order valence-electron chi connectivity index (χ4n) is 1.69. The van der Waals surface area contributed by atoms with Crippen LogP contribution in [0.1, 0.15) is 16.1 Å². The van der Waals surface area contributed by atoms with Gasteiger partial charge in [0.15, 0.2) is 0 Å². The van der Waals surface area contributed by atoms with E-state index in [2.05, 4.69) is 10.3 Å². The van der Waals surface area contributed by atoms with Crippen molar-refractivity contribution in [3.63, 3.8) is 0 Å². The van der Waals surface area contributed by atoms with Crippen molar-refractivity contribution >= 4 is 5.91 Å². The molecule has 0 unspecified atom stereocenters. The van der Waals surface area contributed by atoms with Crippen LogP contribution in [-0.2, 0) is 0 Å². The number of carbonyl (C=O) groups is 1. The average molecular weight is 214 g/mol. The zero-order chi connectivity index (χ0) is 11.5. The molecule has 2 rings (SSSR count). The summed E-state index contributed by atoms with van der Waals surface area (Å²) in [6.45, 7) is 1.92. The first-order chi connectivity index (χ1) is 7.72. The number of hydrogen-bond donors (Lipinski definition) is 2. The van der Waals surface area contributed by atoms with Gasteiger partial charge in [0.1, 0.15) is 5.69 Å². The molecule has 0 aliphatic heterocycles. The number of amides is 1. The molecule has 1 aromatic carbocycles. The molecule has 1 aromatic heterocycles. The van der Waals surface area contributed by atoms with E-state index in [1.165, 1.54) is 0 Å². The Balaban J connectivity index is 2.42. The first kappa shape index (κ1) is 10.5. The molecule has 0 saturated heterocycles. The SMILES string of the molecule is CNC(=O)c1[nH]c(-c2ccccc2)cc1C. The summed E-state index contributed by atoms with van der Waals surface area (Å²) >= 11 is 0. The van der Waals surface area contributed by atoms with E-state index < -0.39 is 0 Å².